The fourth-order valence-electron chi connectivity index (χ4n) is 10.2. The zero-order chi connectivity index (χ0) is 48.5. The molecular weight excluding hydrogens is 875 g/mol. The molecule has 2 saturated carbocycles. The molecule has 1 saturated heterocycles. The van der Waals surface area contributed by atoms with Gasteiger partial charge >= 0.3 is 23.9 Å². The van der Waals surface area contributed by atoms with Gasteiger partial charge in [0.2, 0.25) is 0 Å². The first-order chi connectivity index (χ1) is 31.0. The van der Waals surface area contributed by atoms with Crippen LogP contribution < -0.4 is 5.32 Å². The minimum atomic E-state index is -2.39. The summed E-state index contributed by atoms with van der Waals surface area (Å²) in [6.07, 6.45) is -7.23. The van der Waals surface area contributed by atoms with E-state index in [9.17, 15) is 43.8 Å². The number of carbonyl (C=O) groups excluding carboxylic acids is 6. The number of ketones is 1. The van der Waals surface area contributed by atoms with E-state index in [1.54, 1.807) is 105 Å². The van der Waals surface area contributed by atoms with Crippen molar-refractivity contribution >= 4 is 46.7 Å². The second-order valence-electron chi connectivity index (χ2n) is 18.1. The summed E-state index contributed by atoms with van der Waals surface area (Å²) < 4.78 is 39.8. The number of esters is 4. The zero-order valence-electron chi connectivity index (χ0n) is 38.0. The molecule has 2 bridgehead atoms. The molecule has 0 unspecified atom stereocenters. The molecule has 1 aliphatic heterocycles. The van der Waals surface area contributed by atoms with Crippen LogP contribution in [0.25, 0.3) is 0 Å². The minimum Gasteiger partial charge on any atom is -0.617 e. The number of aliphatic hydroxyl groups is 3. The topological polar surface area (TPSA) is 244 Å². The monoisotopic (exact) mass is 931 g/mol. The highest BCUT2D eigenvalue weighted by molar-refractivity contribution is 7.89. The molecule has 11 atom stereocenters. The van der Waals surface area contributed by atoms with Crippen molar-refractivity contribution in [1.82, 2.24) is 5.32 Å². The van der Waals surface area contributed by atoms with Gasteiger partial charge < -0.3 is 48.9 Å². The number of rotatable bonds is 10. The number of hydrogen-bond donors (Lipinski definition) is 4. The van der Waals surface area contributed by atoms with Crippen LogP contribution in [0, 0.1) is 16.7 Å². The number of fused-ring (bicyclic) bond motifs is 5. The molecule has 0 radical (unpaired) electrons. The van der Waals surface area contributed by atoms with Crippen LogP contribution in [0.3, 0.4) is 0 Å². The van der Waals surface area contributed by atoms with E-state index >= 15 is 4.79 Å². The normalized spacial score (nSPS) is 30.5. The summed E-state index contributed by atoms with van der Waals surface area (Å²) >= 11 is -0.611. The van der Waals surface area contributed by atoms with E-state index in [1.165, 1.54) is 26.0 Å². The first kappa shape index (κ1) is 50.0. The van der Waals surface area contributed by atoms with E-state index in [-0.39, 0.29) is 35.3 Å². The Morgan fingerprint density at radius 3 is 1.91 bits per heavy atom. The van der Waals surface area contributed by atoms with Crippen molar-refractivity contribution in [2.24, 2.45) is 16.7 Å². The van der Waals surface area contributed by atoms with Gasteiger partial charge in [-0.1, -0.05) is 91.8 Å². The van der Waals surface area contributed by atoms with Gasteiger partial charge in [0.1, 0.15) is 23.9 Å². The van der Waals surface area contributed by atoms with Crippen LogP contribution in [-0.4, -0.2) is 122 Å². The van der Waals surface area contributed by atoms with Crippen LogP contribution in [0.2, 0.25) is 0 Å². The Hall–Kier alpha value is -5.43. The fraction of sp³-hybridized carbons (Fsp3) is 0.469. The Labute approximate surface area is 386 Å². The molecule has 1 heterocycles. The van der Waals surface area contributed by atoms with Crippen molar-refractivity contribution in [1.29, 1.82) is 0 Å². The first-order valence-corrected chi connectivity index (χ1v) is 23.4. The molecule has 16 nitrogen and oxygen atoms in total. The number of ether oxygens (including phenoxy) is 5. The third kappa shape index (κ3) is 9.16. The lowest BCUT2D eigenvalue weighted by molar-refractivity contribution is -0.346. The van der Waals surface area contributed by atoms with Crippen LogP contribution in [0.15, 0.2) is 102 Å². The molecule has 17 heteroatoms. The number of aliphatic hydroxyl groups excluding tert-OH is 2. The van der Waals surface area contributed by atoms with Crippen molar-refractivity contribution < 1.29 is 72.3 Å². The summed E-state index contributed by atoms with van der Waals surface area (Å²) in [5.41, 5.74) is -7.02. The lowest BCUT2D eigenvalue weighted by Gasteiger charge is -2.67. The van der Waals surface area contributed by atoms with Crippen LogP contribution in [0.1, 0.15) is 86.7 Å². The third-order valence-corrected chi connectivity index (χ3v) is 13.5. The van der Waals surface area contributed by atoms with Crippen molar-refractivity contribution in [2.75, 3.05) is 19.1 Å². The zero-order valence-corrected chi connectivity index (χ0v) is 38.9. The van der Waals surface area contributed by atoms with E-state index in [0.717, 1.165) is 13.8 Å². The van der Waals surface area contributed by atoms with Gasteiger partial charge in [-0.2, -0.15) is 0 Å². The van der Waals surface area contributed by atoms with Gasteiger partial charge in [-0.3, -0.25) is 19.2 Å². The van der Waals surface area contributed by atoms with Crippen LogP contribution in [-0.2, 0) is 54.0 Å². The molecule has 7 rings (SSSR count). The Kier molecular flexibility index (Phi) is 14.7. The molecule has 3 aromatic carbocycles. The summed E-state index contributed by atoms with van der Waals surface area (Å²) in [5, 5.41) is 40.2. The maximum atomic E-state index is 15.5. The quantitative estimate of drug-likeness (QED) is 0.0980. The molecule has 3 aromatic rings. The van der Waals surface area contributed by atoms with Gasteiger partial charge in [0.15, 0.2) is 23.6 Å². The van der Waals surface area contributed by atoms with Crippen LogP contribution >= 0.6 is 0 Å². The SMILES string of the molecule is CC(=O)O[C@H]1C(=O)[C@@]2(C)[C@H]([C@H](OC(=O)c3ccccc3)[C@]3(O)C[C@H](OC(=O)[C@H](O)[C@@H](NC(=O)c4ccccc4)c4ccccc4)C(C)=C1C3(C)C)[C@]1(OC(C)=O)CO[C@@H]1C[C@@H]2O.C[S+](C)[O-]. The Morgan fingerprint density at radius 1 is 0.848 bits per heavy atom. The fourth-order valence-corrected chi connectivity index (χ4v) is 10.2. The third-order valence-electron chi connectivity index (χ3n) is 13.5. The Balaban J connectivity index is 0.00000173. The molecular formula is C49H57NO15S. The van der Waals surface area contributed by atoms with Crippen molar-refractivity contribution in [2.45, 2.75) is 108 Å². The van der Waals surface area contributed by atoms with Crippen LogP contribution in [0.5, 0.6) is 0 Å². The summed E-state index contributed by atoms with van der Waals surface area (Å²) in [6.45, 7) is 7.97. The maximum absolute atomic E-state index is 15.5. The lowest BCUT2D eigenvalue weighted by atomic mass is 9.44. The summed E-state index contributed by atoms with van der Waals surface area (Å²) in [4.78, 5) is 83.5. The molecule has 0 spiro atoms. The van der Waals surface area contributed by atoms with Crippen molar-refractivity contribution in [3.8, 4) is 0 Å². The van der Waals surface area contributed by atoms with E-state index in [4.69, 9.17) is 23.7 Å². The largest absolute Gasteiger partial charge is 0.617 e. The number of hydrogen-bond acceptors (Lipinski definition) is 15. The first-order valence-electron chi connectivity index (χ1n) is 21.5. The minimum absolute atomic E-state index is 0.00289. The average molecular weight is 932 g/mol. The Morgan fingerprint density at radius 2 is 1.39 bits per heavy atom. The predicted molar refractivity (Wildman–Crippen MR) is 238 cm³/mol. The lowest BCUT2D eigenvalue weighted by Crippen LogP contribution is -2.82. The van der Waals surface area contributed by atoms with Crippen LogP contribution in [0.4, 0.5) is 0 Å². The summed E-state index contributed by atoms with van der Waals surface area (Å²) in [6, 6.07) is 22.9. The van der Waals surface area contributed by atoms with Crippen molar-refractivity contribution in [3.63, 3.8) is 0 Å². The molecule has 354 valence electrons. The Bertz CT molecular complexity index is 2340. The van der Waals surface area contributed by atoms with E-state index in [0.29, 0.717) is 5.56 Å². The highest BCUT2D eigenvalue weighted by Crippen LogP contribution is 2.64. The number of benzene rings is 3. The van der Waals surface area contributed by atoms with Gasteiger partial charge in [-0.05, 0) is 54.8 Å². The predicted octanol–water partition coefficient (Wildman–Crippen LogP) is 3.73. The van der Waals surface area contributed by atoms with Gasteiger partial charge in [0.05, 0.1) is 48.2 Å². The standard InChI is InChI=1S/C47H51NO14.C2H6OS/c1-25-31(60-43(56)36(52)35(28-16-10-7-11-17-28)48-41(54)29-18-12-8-13-19-29)23-47(57)40(61-42(55)30-20-14-9-15-21-30)38-45(6,32(51)22-33-46(38,24-58-33)62-27(3)50)39(53)37(59-26(2)49)34(25)44(47,4)5;1-4(2)3/h7-21,31-33,35-38,40,51-52,57H,22-24H2,1-6H3,(H,48,54);1-2H3/t31-,32-,33+,35-,36+,37+,38-,40-,45+,46-,47+;/m0./s1. The van der Waals surface area contributed by atoms with Gasteiger partial charge in [0, 0.05) is 37.7 Å². The molecule has 3 fully saturated rings. The molecule has 0 aromatic heterocycles. The maximum Gasteiger partial charge on any atom is 0.338 e. The average Bonchev–Trinajstić information content (AvgIpc) is 3.26. The number of amides is 1. The highest BCUT2D eigenvalue weighted by Gasteiger charge is 2.78. The van der Waals surface area contributed by atoms with E-state index in [1.807, 2.05) is 0 Å². The highest BCUT2D eigenvalue weighted by atomic mass is 32.2. The second kappa shape index (κ2) is 19.4. The molecule has 1 amide bonds. The van der Waals surface area contributed by atoms with Gasteiger partial charge in [0.25, 0.3) is 5.91 Å². The number of carbonyl (C=O) groups is 6. The van der Waals surface area contributed by atoms with Gasteiger partial charge in [-0.25, -0.2) is 9.59 Å². The summed E-state index contributed by atoms with van der Waals surface area (Å²) in [5.74, 6) is -6.84. The molecule has 66 heavy (non-hydrogen) atoms. The number of nitrogens with one attached hydrogen (secondary N) is 1. The molecule has 4 N–H and O–H groups in total. The number of Topliss-reactive ketones (excluding diaryl/α,β-unsaturated/α-hetero) is 1. The van der Waals surface area contributed by atoms with E-state index < -0.39 is 124 Å². The molecule has 3 aliphatic carbocycles. The summed E-state index contributed by atoms with van der Waals surface area (Å²) in [7, 11) is 0. The molecule has 4 aliphatic rings. The van der Waals surface area contributed by atoms with Crippen molar-refractivity contribution in [3.05, 3.63) is 119 Å². The smallest absolute Gasteiger partial charge is 0.338 e. The van der Waals surface area contributed by atoms with Gasteiger partial charge in [-0.15, -0.1) is 0 Å². The van der Waals surface area contributed by atoms with E-state index in [2.05, 4.69) is 5.32 Å². The second-order valence-corrected chi connectivity index (χ2v) is 19.6.